The van der Waals surface area contributed by atoms with Gasteiger partial charge in [0, 0.05) is 26.4 Å². The van der Waals surface area contributed by atoms with E-state index in [1.807, 2.05) is 0 Å². The fourth-order valence-electron chi connectivity index (χ4n) is 1.99. The largest absolute Gasteiger partial charge is 0.494 e. The Bertz CT molecular complexity index is 519. The monoisotopic (exact) mass is 311 g/mol. The highest BCUT2D eigenvalue weighted by atomic mass is 19.1. The first-order valence-electron chi connectivity index (χ1n) is 7.11. The summed E-state index contributed by atoms with van der Waals surface area (Å²) < 4.78 is 22.9. The molecule has 0 heterocycles. The van der Waals surface area contributed by atoms with Gasteiger partial charge in [0.1, 0.15) is 0 Å². The first-order valence-corrected chi connectivity index (χ1v) is 7.11. The van der Waals surface area contributed by atoms with Crippen molar-refractivity contribution in [2.45, 2.75) is 25.7 Å². The van der Waals surface area contributed by atoms with Gasteiger partial charge in [-0.25, -0.2) is 4.39 Å². The summed E-state index contributed by atoms with van der Waals surface area (Å²) in [6.07, 6.45) is 1.60. The Morgan fingerprint density at radius 3 is 2.55 bits per heavy atom. The minimum absolute atomic E-state index is 0.0407. The van der Waals surface area contributed by atoms with Gasteiger partial charge in [0.2, 0.25) is 5.91 Å². The zero-order chi connectivity index (χ0) is 16.5. The van der Waals surface area contributed by atoms with Gasteiger partial charge in [0.15, 0.2) is 11.6 Å². The van der Waals surface area contributed by atoms with E-state index in [1.165, 1.54) is 20.3 Å². The van der Waals surface area contributed by atoms with Gasteiger partial charge in [-0.3, -0.25) is 9.59 Å². The Balaban J connectivity index is 2.38. The number of aryl methyl sites for hydroxylation is 1. The molecule has 0 fully saturated rings. The maximum absolute atomic E-state index is 13.5. The zero-order valence-corrected chi connectivity index (χ0v) is 13.2. The number of carbonyl (C=O) groups is 2. The predicted molar refractivity (Wildman–Crippen MR) is 80.2 cm³/mol. The molecule has 1 amide bonds. The van der Waals surface area contributed by atoms with Crippen molar-refractivity contribution in [1.29, 1.82) is 0 Å². The van der Waals surface area contributed by atoms with Crippen LogP contribution in [0.15, 0.2) is 18.2 Å². The molecule has 0 aliphatic carbocycles. The summed E-state index contributed by atoms with van der Waals surface area (Å²) in [6.45, 7) is 0.491. The van der Waals surface area contributed by atoms with Crippen LogP contribution < -0.4 is 4.74 Å². The van der Waals surface area contributed by atoms with Crippen LogP contribution in [0.3, 0.4) is 0 Å². The van der Waals surface area contributed by atoms with E-state index in [4.69, 9.17) is 4.74 Å². The van der Waals surface area contributed by atoms with Crippen LogP contribution in [0.1, 0.15) is 24.8 Å². The van der Waals surface area contributed by atoms with E-state index < -0.39 is 5.82 Å². The number of esters is 1. The molecule has 0 spiro atoms. The molecule has 0 saturated heterocycles. The topological polar surface area (TPSA) is 55.8 Å². The second-order valence-electron chi connectivity index (χ2n) is 4.96. The van der Waals surface area contributed by atoms with Gasteiger partial charge in [0.25, 0.3) is 0 Å². The van der Waals surface area contributed by atoms with E-state index in [0.717, 1.165) is 5.56 Å². The second kappa shape index (κ2) is 9.02. The van der Waals surface area contributed by atoms with Crippen molar-refractivity contribution in [2.75, 3.05) is 27.8 Å². The molecule has 1 aromatic carbocycles. The average molecular weight is 311 g/mol. The number of carbonyl (C=O) groups excluding carboxylic acids is 2. The third kappa shape index (κ3) is 5.71. The lowest BCUT2D eigenvalue weighted by Crippen LogP contribution is -2.28. The van der Waals surface area contributed by atoms with Crippen molar-refractivity contribution in [3.63, 3.8) is 0 Å². The molecule has 1 rings (SSSR count). The lowest BCUT2D eigenvalue weighted by atomic mass is 10.1. The van der Waals surface area contributed by atoms with Gasteiger partial charge in [-0.05, 0) is 30.5 Å². The van der Waals surface area contributed by atoms with Crippen LogP contribution in [0.5, 0.6) is 5.75 Å². The Morgan fingerprint density at radius 2 is 1.95 bits per heavy atom. The molecule has 0 bridgehead atoms. The third-order valence-electron chi connectivity index (χ3n) is 3.37. The Morgan fingerprint density at radius 1 is 1.23 bits per heavy atom. The van der Waals surface area contributed by atoms with E-state index in [0.29, 0.717) is 25.8 Å². The summed E-state index contributed by atoms with van der Waals surface area (Å²) in [5.41, 5.74) is 0.745. The third-order valence-corrected chi connectivity index (χ3v) is 3.37. The van der Waals surface area contributed by atoms with Gasteiger partial charge in [-0.2, -0.15) is 0 Å². The molecule has 22 heavy (non-hydrogen) atoms. The number of halogens is 1. The van der Waals surface area contributed by atoms with Crippen molar-refractivity contribution < 1.29 is 23.5 Å². The van der Waals surface area contributed by atoms with Crippen LogP contribution in [-0.2, 0) is 20.7 Å². The molecule has 0 aromatic heterocycles. The molecular formula is C16H22FNO4. The molecule has 1 aromatic rings. The maximum atomic E-state index is 13.5. The SMILES string of the molecule is COC(=O)CCCN(C)C(=O)CCc1ccc(OC)c(F)c1. The molecule has 6 heteroatoms. The summed E-state index contributed by atoms with van der Waals surface area (Å²) in [5, 5.41) is 0. The number of ether oxygens (including phenoxy) is 2. The number of hydrogen-bond donors (Lipinski definition) is 0. The predicted octanol–water partition coefficient (Wildman–Crippen LogP) is 2.18. The minimum Gasteiger partial charge on any atom is -0.494 e. The van der Waals surface area contributed by atoms with Gasteiger partial charge in [-0.1, -0.05) is 6.07 Å². The summed E-state index contributed by atoms with van der Waals surface area (Å²) in [4.78, 5) is 24.5. The highest BCUT2D eigenvalue weighted by molar-refractivity contribution is 5.76. The molecule has 0 saturated carbocycles. The molecule has 5 nitrogen and oxygen atoms in total. The maximum Gasteiger partial charge on any atom is 0.305 e. The number of rotatable bonds is 8. The lowest BCUT2D eigenvalue weighted by Gasteiger charge is -2.16. The van der Waals surface area contributed by atoms with Crippen LogP contribution in [0.25, 0.3) is 0 Å². The molecular weight excluding hydrogens is 289 g/mol. The number of amides is 1. The van der Waals surface area contributed by atoms with E-state index >= 15 is 0 Å². The minimum atomic E-state index is -0.432. The molecule has 0 unspecified atom stereocenters. The van der Waals surface area contributed by atoms with E-state index in [9.17, 15) is 14.0 Å². The Hall–Kier alpha value is -2.11. The quantitative estimate of drug-likeness (QED) is 0.691. The van der Waals surface area contributed by atoms with E-state index in [1.54, 1.807) is 24.1 Å². The summed E-state index contributed by atoms with van der Waals surface area (Å²) >= 11 is 0. The Labute approximate surface area is 130 Å². The molecule has 0 atom stereocenters. The molecule has 122 valence electrons. The Kier molecular flexibility index (Phi) is 7.36. The van der Waals surface area contributed by atoms with Gasteiger partial charge in [0.05, 0.1) is 14.2 Å². The average Bonchev–Trinajstić information content (AvgIpc) is 2.52. The molecule has 0 radical (unpaired) electrons. The normalized spacial score (nSPS) is 10.2. The first-order chi connectivity index (χ1) is 10.5. The smallest absolute Gasteiger partial charge is 0.305 e. The lowest BCUT2D eigenvalue weighted by molar-refractivity contribution is -0.141. The molecule has 0 aliphatic heterocycles. The van der Waals surface area contributed by atoms with Crippen molar-refractivity contribution in [3.05, 3.63) is 29.6 Å². The summed E-state index contributed by atoms with van der Waals surface area (Å²) in [7, 11) is 4.43. The van der Waals surface area contributed by atoms with Crippen molar-refractivity contribution in [3.8, 4) is 5.75 Å². The zero-order valence-electron chi connectivity index (χ0n) is 13.2. The number of methoxy groups -OCH3 is 2. The number of hydrogen-bond acceptors (Lipinski definition) is 4. The van der Waals surface area contributed by atoms with E-state index in [-0.39, 0.29) is 24.0 Å². The van der Waals surface area contributed by atoms with Gasteiger partial charge >= 0.3 is 5.97 Å². The fraction of sp³-hybridized carbons (Fsp3) is 0.500. The molecule has 0 N–H and O–H groups in total. The standard InChI is InChI=1S/C16H22FNO4/c1-18(10-4-5-16(20)22-3)15(19)9-7-12-6-8-14(21-2)13(17)11-12/h6,8,11H,4-5,7,9-10H2,1-3H3. The van der Waals surface area contributed by atoms with Crippen LogP contribution in [0, 0.1) is 5.82 Å². The van der Waals surface area contributed by atoms with Crippen LogP contribution in [0.4, 0.5) is 4.39 Å². The highest BCUT2D eigenvalue weighted by Gasteiger charge is 2.11. The van der Waals surface area contributed by atoms with Crippen LogP contribution >= 0.6 is 0 Å². The molecule has 0 aliphatic rings. The number of benzene rings is 1. The second-order valence-corrected chi connectivity index (χ2v) is 4.96. The van der Waals surface area contributed by atoms with Crippen molar-refractivity contribution >= 4 is 11.9 Å². The van der Waals surface area contributed by atoms with E-state index in [2.05, 4.69) is 4.74 Å². The van der Waals surface area contributed by atoms with Crippen molar-refractivity contribution in [2.24, 2.45) is 0 Å². The summed E-state index contributed by atoms with van der Waals surface area (Å²) in [6, 6.07) is 4.67. The van der Waals surface area contributed by atoms with Crippen LogP contribution in [0.2, 0.25) is 0 Å². The number of nitrogens with zero attached hydrogens (tertiary/aromatic N) is 1. The fourth-order valence-corrected chi connectivity index (χ4v) is 1.99. The van der Waals surface area contributed by atoms with Crippen LogP contribution in [-0.4, -0.2) is 44.6 Å². The van der Waals surface area contributed by atoms with Gasteiger partial charge in [-0.15, -0.1) is 0 Å². The summed E-state index contributed by atoms with van der Waals surface area (Å²) in [5.74, 6) is -0.565. The van der Waals surface area contributed by atoms with Gasteiger partial charge < -0.3 is 14.4 Å². The first kappa shape index (κ1) is 17.9. The highest BCUT2D eigenvalue weighted by Crippen LogP contribution is 2.18. The van der Waals surface area contributed by atoms with Crippen molar-refractivity contribution in [1.82, 2.24) is 4.90 Å².